The number of carbonyl (C=O) groups is 1. The number of nitrogens with zero attached hydrogens (tertiary/aromatic N) is 1. The second-order valence-electron chi connectivity index (χ2n) is 7.62. The number of hydrogen-bond acceptors (Lipinski definition) is 4. The third-order valence-corrected chi connectivity index (χ3v) is 3.26. The molecule has 0 saturated carbocycles. The smallest absolute Gasteiger partial charge is 0.229 e. The number of amides is 1. The molecule has 5 nitrogen and oxygen atoms in total. The molecule has 0 radical (unpaired) electrons. The third-order valence-electron chi connectivity index (χ3n) is 3.26. The Kier molecular flexibility index (Phi) is 4.01. The van der Waals surface area contributed by atoms with E-state index in [0.717, 1.165) is 0 Å². The zero-order valence-electron chi connectivity index (χ0n) is 13.1. The first-order chi connectivity index (χ1) is 8.38. The molecule has 0 spiro atoms. The fourth-order valence-electron chi connectivity index (χ4n) is 2.87. The fourth-order valence-corrected chi connectivity index (χ4v) is 2.87. The Morgan fingerprint density at radius 2 is 1.89 bits per heavy atom. The van der Waals surface area contributed by atoms with Crippen LogP contribution < -0.4 is 10.6 Å². The highest BCUT2D eigenvalue weighted by atomic mass is 16.4. The highest BCUT2D eigenvalue weighted by Gasteiger charge is 2.46. The highest BCUT2D eigenvalue weighted by molar-refractivity contribution is 6.09. The number of oxime groups is 1. The van der Waals surface area contributed by atoms with E-state index < -0.39 is 11.5 Å². The summed E-state index contributed by atoms with van der Waals surface area (Å²) >= 11 is 0. The van der Waals surface area contributed by atoms with Crippen LogP contribution >= 0.6 is 0 Å². The average Bonchev–Trinajstić information content (AvgIpc) is 2.10. The molecule has 1 fully saturated rings. The van der Waals surface area contributed by atoms with Crippen LogP contribution in [0.2, 0.25) is 0 Å². The van der Waals surface area contributed by atoms with E-state index in [1.807, 2.05) is 34.6 Å². The number of nitrogens with one attached hydrogen (secondary N) is 2. The molecule has 19 heavy (non-hydrogen) atoms. The normalized spacial score (nSPS) is 28.2. The molecule has 0 bridgehead atoms. The summed E-state index contributed by atoms with van der Waals surface area (Å²) in [6.45, 7) is 13.8. The van der Waals surface area contributed by atoms with Crippen LogP contribution in [-0.4, -0.2) is 33.4 Å². The van der Waals surface area contributed by atoms with Gasteiger partial charge in [0.25, 0.3) is 0 Å². The Morgan fingerprint density at radius 1 is 1.37 bits per heavy atom. The van der Waals surface area contributed by atoms with Gasteiger partial charge in [0.05, 0.1) is 17.2 Å². The maximum atomic E-state index is 12.4. The Labute approximate surface area is 115 Å². The lowest BCUT2D eigenvalue weighted by Crippen LogP contribution is -2.66. The first kappa shape index (κ1) is 16.0. The minimum absolute atomic E-state index is 0.0806. The standard InChI is InChI=1S/C14H27N3O2/c1-12(2,3)15-11(18)9-8-13(4,5)17-14(6,7)10(9)16-19/h9,17,19H,8H2,1-7H3,(H,15,18)/b16-10-. The van der Waals surface area contributed by atoms with Gasteiger partial charge in [-0.2, -0.15) is 0 Å². The molecule has 1 heterocycles. The summed E-state index contributed by atoms with van der Waals surface area (Å²) in [5.74, 6) is -0.488. The zero-order chi connectivity index (χ0) is 15.1. The van der Waals surface area contributed by atoms with Crippen molar-refractivity contribution in [3.63, 3.8) is 0 Å². The van der Waals surface area contributed by atoms with Gasteiger partial charge in [-0.05, 0) is 54.9 Å². The summed E-state index contributed by atoms with van der Waals surface area (Å²) in [5, 5.41) is 19.1. The van der Waals surface area contributed by atoms with Crippen LogP contribution in [0.25, 0.3) is 0 Å². The Bertz CT molecular complexity index is 392. The molecule has 0 aromatic carbocycles. The lowest BCUT2D eigenvalue weighted by molar-refractivity contribution is -0.125. The molecule has 1 aliphatic heterocycles. The fraction of sp³-hybridized carbons (Fsp3) is 0.857. The van der Waals surface area contributed by atoms with Crippen molar-refractivity contribution in [2.45, 2.75) is 71.5 Å². The van der Waals surface area contributed by atoms with Crippen LogP contribution in [-0.2, 0) is 4.79 Å². The Hall–Kier alpha value is -1.10. The molecule has 1 aliphatic rings. The van der Waals surface area contributed by atoms with E-state index in [0.29, 0.717) is 12.1 Å². The summed E-state index contributed by atoms with van der Waals surface area (Å²) in [5.41, 5.74) is -0.487. The van der Waals surface area contributed by atoms with Crippen LogP contribution in [0, 0.1) is 5.92 Å². The molecule has 5 heteroatoms. The van der Waals surface area contributed by atoms with E-state index in [2.05, 4.69) is 29.6 Å². The third kappa shape index (κ3) is 3.93. The SMILES string of the molecule is CC(C)(C)NC(=O)C1CC(C)(C)NC(C)(C)/C1=N\O. The second kappa shape index (κ2) is 4.78. The van der Waals surface area contributed by atoms with Gasteiger partial charge in [-0.15, -0.1) is 0 Å². The molecule has 0 aromatic heterocycles. The molecule has 0 aliphatic carbocycles. The van der Waals surface area contributed by atoms with Gasteiger partial charge in [-0.25, -0.2) is 0 Å². The monoisotopic (exact) mass is 269 g/mol. The molecule has 0 aromatic rings. The molecule has 1 atom stereocenters. The minimum Gasteiger partial charge on any atom is -0.411 e. The maximum absolute atomic E-state index is 12.4. The first-order valence-corrected chi connectivity index (χ1v) is 6.72. The van der Waals surface area contributed by atoms with Crippen LogP contribution in [0.15, 0.2) is 5.16 Å². The summed E-state index contributed by atoms with van der Waals surface area (Å²) in [4.78, 5) is 12.4. The summed E-state index contributed by atoms with van der Waals surface area (Å²) in [7, 11) is 0. The molecule has 1 unspecified atom stereocenters. The predicted molar refractivity (Wildman–Crippen MR) is 76.5 cm³/mol. The largest absolute Gasteiger partial charge is 0.411 e. The lowest BCUT2D eigenvalue weighted by Gasteiger charge is -2.46. The molecule has 1 rings (SSSR count). The van der Waals surface area contributed by atoms with Crippen LogP contribution in [0.3, 0.4) is 0 Å². The quantitative estimate of drug-likeness (QED) is 0.503. The van der Waals surface area contributed by atoms with Crippen molar-refractivity contribution < 1.29 is 10.0 Å². The second-order valence-corrected chi connectivity index (χ2v) is 7.62. The van der Waals surface area contributed by atoms with E-state index in [4.69, 9.17) is 0 Å². The van der Waals surface area contributed by atoms with Crippen LogP contribution in [0.4, 0.5) is 0 Å². The van der Waals surface area contributed by atoms with Gasteiger partial charge in [-0.3, -0.25) is 4.79 Å². The molecule has 1 amide bonds. The van der Waals surface area contributed by atoms with Gasteiger partial charge in [0.1, 0.15) is 0 Å². The van der Waals surface area contributed by atoms with Gasteiger partial charge < -0.3 is 15.8 Å². The first-order valence-electron chi connectivity index (χ1n) is 6.72. The molecule has 1 saturated heterocycles. The lowest BCUT2D eigenvalue weighted by atomic mass is 9.73. The topological polar surface area (TPSA) is 73.7 Å². The number of carbonyl (C=O) groups excluding carboxylic acids is 1. The summed E-state index contributed by atoms with van der Waals surface area (Å²) in [6.07, 6.45) is 0.609. The number of hydrogen-bond donors (Lipinski definition) is 3. The van der Waals surface area contributed by atoms with Gasteiger partial charge in [0.2, 0.25) is 5.91 Å². The van der Waals surface area contributed by atoms with Crippen molar-refractivity contribution in [2.75, 3.05) is 0 Å². The molecule has 3 N–H and O–H groups in total. The highest BCUT2D eigenvalue weighted by Crippen LogP contribution is 2.31. The van der Waals surface area contributed by atoms with E-state index in [1.165, 1.54) is 0 Å². The summed E-state index contributed by atoms with van der Waals surface area (Å²) in [6, 6.07) is 0. The Morgan fingerprint density at radius 3 is 2.32 bits per heavy atom. The van der Waals surface area contributed by atoms with Gasteiger partial charge in [0, 0.05) is 11.1 Å². The van der Waals surface area contributed by atoms with Gasteiger partial charge >= 0.3 is 0 Å². The van der Waals surface area contributed by atoms with Gasteiger partial charge in [-0.1, -0.05) is 5.16 Å². The maximum Gasteiger partial charge on any atom is 0.229 e. The molecular weight excluding hydrogens is 242 g/mol. The van der Waals surface area contributed by atoms with E-state index in [1.54, 1.807) is 0 Å². The number of rotatable bonds is 1. The van der Waals surface area contributed by atoms with E-state index in [9.17, 15) is 10.0 Å². The van der Waals surface area contributed by atoms with E-state index >= 15 is 0 Å². The molecular formula is C14H27N3O2. The van der Waals surface area contributed by atoms with E-state index in [-0.39, 0.29) is 17.0 Å². The van der Waals surface area contributed by atoms with Crippen LogP contribution in [0.5, 0.6) is 0 Å². The average molecular weight is 269 g/mol. The zero-order valence-corrected chi connectivity index (χ0v) is 13.1. The van der Waals surface area contributed by atoms with Crippen molar-refractivity contribution >= 4 is 11.6 Å². The number of piperidine rings is 1. The minimum atomic E-state index is -0.504. The molecule has 110 valence electrons. The predicted octanol–water partition coefficient (Wildman–Crippen LogP) is 1.90. The Balaban J connectivity index is 3.06. The van der Waals surface area contributed by atoms with Crippen molar-refractivity contribution in [3.8, 4) is 0 Å². The van der Waals surface area contributed by atoms with Crippen molar-refractivity contribution in [1.82, 2.24) is 10.6 Å². The van der Waals surface area contributed by atoms with Crippen molar-refractivity contribution in [1.29, 1.82) is 0 Å². The summed E-state index contributed by atoms with van der Waals surface area (Å²) < 4.78 is 0. The van der Waals surface area contributed by atoms with Crippen LogP contribution in [0.1, 0.15) is 54.9 Å². The van der Waals surface area contributed by atoms with Crippen molar-refractivity contribution in [2.24, 2.45) is 11.1 Å². The van der Waals surface area contributed by atoms with Gasteiger partial charge in [0.15, 0.2) is 0 Å². The van der Waals surface area contributed by atoms with Crippen molar-refractivity contribution in [3.05, 3.63) is 0 Å².